The third kappa shape index (κ3) is 3.01. The van der Waals surface area contributed by atoms with E-state index in [1.54, 1.807) is 6.92 Å². The minimum Gasteiger partial charge on any atom is -0.326 e. The molecule has 0 radical (unpaired) electrons. The number of aromatic nitrogens is 2. The number of rotatable bonds is 4. The molecular formula is C19H19N3O. The molecule has 1 aromatic heterocycles. The zero-order chi connectivity index (χ0) is 16.2. The second-order valence-electron chi connectivity index (χ2n) is 5.30. The van der Waals surface area contributed by atoms with Crippen molar-refractivity contribution in [3.8, 4) is 11.1 Å². The predicted octanol–water partition coefficient (Wildman–Crippen LogP) is 3.90. The molecule has 0 fully saturated rings. The normalized spacial score (nSPS) is 10.5. The van der Waals surface area contributed by atoms with E-state index in [4.69, 9.17) is 0 Å². The van der Waals surface area contributed by atoms with Gasteiger partial charge in [0.15, 0.2) is 0 Å². The Balaban J connectivity index is 2.24. The molecule has 116 valence electrons. The van der Waals surface area contributed by atoms with Crippen LogP contribution >= 0.6 is 0 Å². The summed E-state index contributed by atoms with van der Waals surface area (Å²) < 4.78 is 0. The lowest BCUT2D eigenvalue weighted by atomic mass is 10.1. The van der Waals surface area contributed by atoms with E-state index in [0.29, 0.717) is 17.2 Å². The number of aromatic amines is 1. The number of aryl methyl sites for hydroxylation is 1. The summed E-state index contributed by atoms with van der Waals surface area (Å²) >= 11 is 0. The van der Waals surface area contributed by atoms with E-state index >= 15 is 0 Å². The van der Waals surface area contributed by atoms with E-state index < -0.39 is 0 Å². The van der Waals surface area contributed by atoms with E-state index in [1.165, 1.54) is 0 Å². The van der Waals surface area contributed by atoms with Crippen molar-refractivity contribution in [1.82, 2.24) is 9.97 Å². The number of hydrogen-bond donors (Lipinski definition) is 1. The monoisotopic (exact) mass is 305 g/mol. The summed E-state index contributed by atoms with van der Waals surface area (Å²) in [7, 11) is 0. The Morgan fingerprint density at radius 1 is 1.00 bits per heavy atom. The van der Waals surface area contributed by atoms with Gasteiger partial charge in [-0.2, -0.15) is 0 Å². The van der Waals surface area contributed by atoms with Crippen molar-refractivity contribution in [3.05, 3.63) is 76.8 Å². The molecule has 23 heavy (non-hydrogen) atoms. The van der Waals surface area contributed by atoms with Crippen LogP contribution in [0.1, 0.15) is 12.7 Å². The third-order valence-electron chi connectivity index (χ3n) is 3.72. The van der Waals surface area contributed by atoms with Gasteiger partial charge in [0.05, 0.1) is 5.56 Å². The summed E-state index contributed by atoms with van der Waals surface area (Å²) in [6.45, 7) is 4.58. The summed E-state index contributed by atoms with van der Waals surface area (Å²) in [5.41, 5.74) is 2.37. The number of anilines is 2. The van der Waals surface area contributed by atoms with Crippen molar-refractivity contribution < 1.29 is 0 Å². The maximum absolute atomic E-state index is 12.6. The lowest BCUT2D eigenvalue weighted by molar-refractivity contribution is 0.941. The molecule has 4 heteroatoms. The van der Waals surface area contributed by atoms with E-state index in [0.717, 1.165) is 17.8 Å². The van der Waals surface area contributed by atoms with E-state index in [-0.39, 0.29) is 5.56 Å². The largest absolute Gasteiger partial charge is 0.326 e. The molecule has 0 bridgehead atoms. The molecule has 0 aliphatic heterocycles. The summed E-state index contributed by atoms with van der Waals surface area (Å²) in [5, 5.41) is 0. The average molecular weight is 305 g/mol. The Bertz CT molecular complexity index is 841. The SMILES string of the molecule is CCN(c1ccccc1)c1nc(C)[nH]c(=O)c1-c1ccccc1. The zero-order valence-corrected chi connectivity index (χ0v) is 13.3. The molecule has 0 saturated carbocycles. The van der Waals surface area contributed by atoms with Crippen molar-refractivity contribution in [3.63, 3.8) is 0 Å². The summed E-state index contributed by atoms with van der Waals surface area (Å²) in [6.07, 6.45) is 0. The van der Waals surface area contributed by atoms with Crippen molar-refractivity contribution in [2.24, 2.45) is 0 Å². The summed E-state index contributed by atoms with van der Waals surface area (Å²) in [5.74, 6) is 1.30. The van der Waals surface area contributed by atoms with Crippen molar-refractivity contribution in [2.45, 2.75) is 13.8 Å². The fraction of sp³-hybridized carbons (Fsp3) is 0.158. The standard InChI is InChI=1S/C19H19N3O/c1-3-22(16-12-8-5-9-13-16)18-17(15-10-6-4-7-11-15)19(23)21-14(2)20-18/h4-13H,3H2,1-2H3,(H,20,21,23). The van der Waals surface area contributed by atoms with Crippen LogP contribution in [-0.4, -0.2) is 16.5 Å². The molecule has 0 atom stereocenters. The smallest absolute Gasteiger partial charge is 0.260 e. The van der Waals surface area contributed by atoms with Gasteiger partial charge in [0.2, 0.25) is 0 Å². The molecule has 0 unspecified atom stereocenters. The minimum atomic E-state index is -0.118. The summed E-state index contributed by atoms with van der Waals surface area (Å²) in [6, 6.07) is 19.7. The molecule has 0 aliphatic carbocycles. The van der Waals surface area contributed by atoms with E-state index in [1.807, 2.05) is 60.7 Å². The van der Waals surface area contributed by atoms with Crippen LogP contribution < -0.4 is 10.5 Å². The predicted molar refractivity (Wildman–Crippen MR) is 94.2 cm³/mol. The lowest BCUT2D eigenvalue weighted by Gasteiger charge is -2.24. The Kier molecular flexibility index (Phi) is 4.24. The Labute approximate surface area is 135 Å². The first-order chi connectivity index (χ1) is 11.2. The maximum Gasteiger partial charge on any atom is 0.260 e. The summed E-state index contributed by atoms with van der Waals surface area (Å²) in [4.78, 5) is 22.1. The number of para-hydroxylation sites is 1. The molecule has 1 N–H and O–H groups in total. The van der Waals surface area contributed by atoms with Crippen molar-refractivity contribution >= 4 is 11.5 Å². The first-order valence-electron chi connectivity index (χ1n) is 7.69. The minimum absolute atomic E-state index is 0.118. The second-order valence-corrected chi connectivity index (χ2v) is 5.30. The number of H-pyrrole nitrogens is 1. The highest BCUT2D eigenvalue weighted by molar-refractivity contribution is 5.78. The molecule has 3 rings (SSSR count). The van der Waals surface area contributed by atoms with E-state index in [9.17, 15) is 4.79 Å². The van der Waals surface area contributed by atoms with Gasteiger partial charge in [0.1, 0.15) is 11.6 Å². The highest BCUT2D eigenvalue weighted by Crippen LogP contribution is 2.30. The van der Waals surface area contributed by atoms with Crippen molar-refractivity contribution in [2.75, 3.05) is 11.4 Å². The van der Waals surface area contributed by atoms with Gasteiger partial charge in [-0.1, -0.05) is 48.5 Å². The first kappa shape index (κ1) is 15.0. The van der Waals surface area contributed by atoms with Crippen LogP contribution in [0.15, 0.2) is 65.5 Å². The van der Waals surface area contributed by atoms with Crippen LogP contribution in [0, 0.1) is 6.92 Å². The van der Waals surface area contributed by atoms with Gasteiger partial charge in [0, 0.05) is 12.2 Å². The molecule has 4 nitrogen and oxygen atoms in total. The molecule has 0 amide bonds. The van der Waals surface area contributed by atoms with Gasteiger partial charge in [-0.25, -0.2) is 4.98 Å². The van der Waals surface area contributed by atoms with Gasteiger partial charge >= 0.3 is 0 Å². The third-order valence-corrected chi connectivity index (χ3v) is 3.72. The van der Waals surface area contributed by atoms with Gasteiger partial charge in [-0.15, -0.1) is 0 Å². The number of nitrogens with one attached hydrogen (secondary N) is 1. The zero-order valence-electron chi connectivity index (χ0n) is 13.3. The van der Waals surface area contributed by atoms with Gasteiger partial charge < -0.3 is 9.88 Å². The Morgan fingerprint density at radius 3 is 2.22 bits per heavy atom. The average Bonchev–Trinajstić information content (AvgIpc) is 2.57. The fourth-order valence-corrected chi connectivity index (χ4v) is 2.69. The van der Waals surface area contributed by atoms with Crippen molar-refractivity contribution in [1.29, 1.82) is 0 Å². The highest BCUT2D eigenvalue weighted by atomic mass is 16.1. The molecular weight excluding hydrogens is 286 g/mol. The van der Waals surface area contributed by atoms with E-state index in [2.05, 4.69) is 21.8 Å². The fourth-order valence-electron chi connectivity index (χ4n) is 2.69. The van der Waals surface area contributed by atoms with Crippen LogP contribution in [0.3, 0.4) is 0 Å². The quantitative estimate of drug-likeness (QED) is 0.795. The highest BCUT2D eigenvalue weighted by Gasteiger charge is 2.18. The van der Waals surface area contributed by atoms with Crippen LogP contribution in [0.5, 0.6) is 0 Å². The topological polar surface area (TPSA) is 49.0 Å². The number of nitrogens with zero attached hydrogens (tertiary/aromatic N) is 2. The van der Waals surface area contributed by atoms with Gasteiger partial charge in [0.25, 0.3) is 5.56 Å². The second kappa shape index (κ2) is 6.48. The first-order valence-corrected chi connectivity index (χ1v) is 7.69. The van der Waals surface area contributed by atoms with Crippen LogP contribution in [0.2, 0.25) is 0 Å². The van der Waals surface area contributed by atoms with Crippen LogP contribution in [0.4, 0.5) is 11.5 Å². The lowest BCUT2D eigenvalue weighted by Crippen LogP contribution is -2.24. The molecule has 1 heterocycles. The Hall–Kier alpha value is -2.88. The number of benzene rings is 2. The van der Waals surface area contributed by atoms with Gasteiger partial charge in [-0.05, 0) is 31.5 Å². The number of hydrogen-bond acceptors (Lipinski definition) is 3. The van der Waals surface area contributed by atoms with Gasteiger partial charge in [-0.3, -0.25) is 4.79 Å². The Morgan fingerprint density at radius 2 is 1.61 bits per heavy atom. The van der Waals surface area contributed by atoms with Crippen LogP contribution in [-0.2, 0) is 0 Å². The molecule has 0 aliphatic rings. The molecule has 2 aromatic carbocycles. The van der Waals surface area contributed by atoms with Crippen LogP contribution in [0.25, 0.3) is 11.1 Å². The molecule has 0 saturated heterocycles. The maximum atomic E-state index is 12.6. The molecule has 0 spiro atoms. The molecule has 3 aromatic rings.